The molecule has 0 unspecified atom stereocenters. The Morgan fingerprint density at radius 3 is 2.68 bits per heavy atom. The van der Waals surface area contributed by atoms with Crippen LogP contribution in [0.1, 0.15) is 37.3 Å². The summed E-state index contributed by atoms with van der Waals surface area (Å²) >= 11 is 0. The van der Waals surface area contributed by atoms with Crippen LogP contribution in [0.5, 0.6) is 5.75 Å². The molecule has 1 rings (SSSR count). The summed E-state index contributed by atoms with van der Waals surface area (Å²) in [6, 6.07) is 5.65. The van der Waals surface area contributed by atoms with Gasteiger partial charge in [-0.2, -0.15) is 0 Å². The summed E-state index contributed by atoms with van der Waals surface area (Å²) in [6.45, 7) is 8.40. The van der Waals surface area contributed by atoms with Gasteiger partial charge in [-0.25, -0.2) is 4.79 Å². The van der Waals surface area contributed by atoms with Crippen molar-refractivity contribution in [1.29, 1.82) is 0 Å². The smallest absolute Gasteiger partial charge is 0.317 e. The summed E-state index contributed by atoms with van der Waals surface area (Å²) in [5.74, 6) is 0.796. The predicted octanol–water partition coefficient (Wildman–Crippen LogP) is 3.15. The Morgan fingerprint density at radius 2 is 1.91 bits per heavy atom. The lowest BCUT2D eigenvalue weighted by Gasteiger charge is -2.12. The van der Waals surface area contributed by atoms with Crippen LogP contribution in [0, 0.1) is 13.8 Å². The van der Waals surface area contributed by atoms with Gasteiger partial charge in [0.2, 0.25) is 0 Å². The first kappa shape index (κ1) is 18.3. The summed E-state index contributed by atoms with van der Waals surface area (Å²) in [7, 11) is 0. The summed E-state index contributed by atoms with van der Waals surface area (Å²) in [6.07, 6.45) is 3.04. The minimum atomic E-state index is -0.223. The van der Waals surface area contributed by atoms with E-state index in [1.165, 1.54) is 5.56 Å². The van der Waals surface area contributed by atoms with E-state index >= 15 is 0 Å². The Morgan fingerprint density at radius 1 is 1.14 bits per heavy atom. The number of amides is 2. The van der Waals surface area contributed by atoms with Crippen LogP contribution in [-0.2, 0) is 4.74 Å². The lowest BCUT2D eigenvalue weighted by molar-refractivity contribution is 0.129. The number of carbonyl (C=O) groups is 1. The number of unbranched alkanes of at least 4 members (excludes halogenated alkanes) is 1. The Labute approximate surface area is 133 Å². The third kappa shape index (κ3) is 7.31. The zero-order chi connectivity index (χ0) is 16.2. The molecular weight excluding hydrogens is 280 g/mol. The molecule has 22 heavy (non-hydrogen) atoms. The monoisotopic (exact) mass is 308 g/mol. The molecule has 5 heteroatoms. The van der Waals surface area contributed by atoms with E-state index in [-0.39, 0.29) is 12.8 Å². The second-order valence-electron chi connectivity index (χ2n) is 5.24. The van der Waals surface area contributed by atoms with E-state index in [9.17, 15) is 4.79 Å². The van der Waals surface area contributed by atoms with Crippen LogP contribution in [0.4, 0.5) is 4.79 Å². The number of nitrogens with one attached hydrogen (secondary N) is 2. The molecule has 5 nitrogen and oxygen atoms in total. The van der Waals surface area contributed by atoms with E-state index in [4.69, 9.17) is 9.47 Å². The van der Waals surface area contributed by atoms with Gasteiger partial charge in [-0.15, -0.1) is 0 Å². The highest BCUT2D eigenvalue weighted by atomic mass is 16.5. The van der Waals surface area contributed by atoms with Gasteiger partial charge >= 0.3 is 6.03 Å². The Hall–Kier alpha value is -1.75. The molecule has 1 aromatic rings. The average molecular weight is 308 g/mol. The van der Waals surface area contributed by atoms with E-state index in [0.717, 1.165) is 37.2 Å². The fraction of sp³-hybridized carbons (Fsp3) is 0.588. The number of carbonyl (C=O) groups excluding carboxylic acids is 1. The minimum Gasteiger partial charge on any atom is -0.473 e. The molecule has 2 amide bonds. The molecule has 0 saturated carbocycles. The molecule has 0 heterocycles. The fourth-order valence-corrected chi connectivity index (χ4v) is 1.85. The SMILES string of the molecule is CCCCOCCCNC(=O)NCOc1cccc(C)c1C. The van der Waals surface area contributed by atoms with Crippen LogP contribution < -0.4 is 15.4 Å². The molecule has 0 saturated heterocycles. The van der Waals surface area contributed by atoms with Crippen molar-refractivity contribution < 1.29 is 14.3 Å². The van der Waals surface area contributed by atoms with Crippen molar-refractivity contribution in [3.05, 3.63) is 29.3 Å². The number of aryl methyl sites for hydroxylation is 1. The Kier molecular flexibility index (Phi) is 9.07. The molecule has 0 aromatic heterocycles. The van der Waals surface area contributed by atoms with E-state index in [1.807, 2.05) is 32.0 Å². The van der Waals surface area contributed by atoms with E-state index < -0.39 is 0 Å². The molecule has 0 bridgehead atoms. The van der Waals surface area contributed by atoms with Gasteiger partial charge in [0.05, 0.1) is 0 Å². The van der Waals surface area contributed by atoms with E-state index in [2.05, 4.69) is 17.6 Å². The molecule has 2 N–H and O–H groups in total. The number of hydrogen-bond donors (Lipinski definition) is 2. The number of ether oxygens (including phenoxy) is 2. The molecule has 0 atom stereocenters. The highest BCUT2D eigenvalue weighted by molar-refractivity contribution is 5.73. The first-order valence-corrected chi connectivity index (χ1v) is 7.93. The minimum absolute atomic E-state index is 0.156. The van der Waals surface area contributed by atoms with Crippen molar-refractivity contribution >= 4 is 6.03 Å². The lowest BCUT2D eigenvalue weighted by atomic mass is 10.1. The molecule has 1 aromatic carbocycles. The standard InChI is InChI=1S/C17H28N2O3/c1-4-5-11-21-12-7-10-18-17(20)19-13-22-16-9-6-8-14(2)15(16)3/h6,8-9H,4-5,7,10-13H2,1-3H3,(H2,18,19,20). The van der Waals surface area contributed by atoms with Gasteiger partial charge in [-0.05, 0) is 43.9 Å². The molecule has 0 radical (unpaired) electrons. The second kappa shape index (κ2) is 10.9. The average Bonchev–Trinajstić information content (AvgIpc) is 2.50. The number of rotatable bonds is 10. The fourth-order valence-electron chi connectivity index (χ4n) is 1.85. The zero-order valence-electron chi connectivity index (χ0n) is 13.9. The topological polar surface area (TPSA) is 59.6 Å². The largest absolute Gasteiger partial charge is 0.473 e. The normalized spacial score (nSPS) is 10.3. The maximum atomic E-state index is 11.6. The first-order valence-electron chi connectivity index (χ1n) is 7.93. The van der Waals surface area contributed by atoms with Gasteiger partial charge in [0.15, 0.2) is 6.73 Å². The molecule has 124 valence electrons. The van der Waals surface area contributed by atoms with Crippen molar-refractivity contribution in [2.75, 3.05) is 26.5 Å². The van der Waals surface area contributed by atoms with Gasteiger partial charge in [0.1, 0.15) is 5.75 Å². The zero-order valence-corrected chi connectivity index (χ0v) is 13.9. The Balaban J connectivity index is 2.07. The van der Waals surface area contributed by atoms with Gasteiger partial charge in [0.25, 0.3) is 0 Å². The van der Waals surface area contributed by atoms with Gasteiger partial charge in [0, 0.05) is 19.8 Å². The van der Waals surface area contributed by atoms with Gasteiger partial charge in [-0.3, -0.25) is 0 Å². The Bertz CT molecular complexity index is 450. The van der Waals surface area contributed by atoms with Crippen molar-refractivity contribution in [2.24, 2.45) is 0 Å². The van der Waals surface area contributed by atoms with E-state index in [1.54, 1.807) is 0 Å². The van der Waals surface area contributed by atoms with Crippen molar-refractivity contribution in [1.82, 2.24) is 10.6 Å². The number of urea groups is 1. The van der Waals surface area contributed by atoms with Crippen LogP contribution >= 0.6 is 0 Å². The van der Waals surface area contributed by atoms with Gasteiger partial charge < -0.3 is 20.1 Å². The molecule has 0 spiro atoms. The maximum Gasteiger partial charge on any atom is 0.317 e. The molecular formula is C17H28N2O3. The maximum absolute atomic E-state index is 11.6. The van der Waals surface area contributed by atoms with Gasteiger partial charge in [-0.1, -0.05) is 25.5 Å². The van der Waals surface area contributed by atoms with Crippen LogP contribution in [-0.4, -0.2) is 32.5 Å². The lowest BCUT2D eigenvalue weighted by Crippen LogP contribution is -2.38. The number of benzene rings is 1. The molecule has 0 fully saturated rings. The molecule has 0 aliphatic heterocycles. The summed E-state index contributed by atoms with van der Waals surface area (Å²) in [5.41, 5.74) is 2.26. The summed E-state index contributed by atoms with van der Waals surface area (Å²) < 4.78 is 11.0. The van der Waals surface area contributed by atoms with Crippen molar-refractivity contribution in [3.63, 3.8) is 0 Å². The quantitative estimate of drug-likeness (QED) is 0.515. The van der Waals surface area contributed by atoms with Crippen LogP contribution in [0.2, 0.25) is 0 Å². The van der Waals surface area contributed by atoms with Crippen LogP contribution in [0.25, 0.3) is 0 Å². The molecule has 0 aliphatic rings. The second-order valence-corrected chi connectivity index (χ2v) is 5.24. The molecule has 0 aliphatic carbocycles. The van der Waals surface area contributed by atoms with Crippen molar-refractivity contribution in [3.8, 4) is 5.75 Å². The summed E-state index contributed by atoms with van der Waals surface area (Å²) in [5, 5.41) is 5.45. The van der Waals surface area contributed by atoms with Crippen LogP contribution in [0.15, 0.2) is 18.2 Å². The van der Waals surface area contributed by atoms with Crippen molar-refractivity contribution in [2.45, 2.75) is 40.0 Å². The highest BCUT2D eigenvalue weighted by Gasteiger charge is 2.03. The summed E-state index contributed by atoms with van der Waals surface area (Å²) in [4.78, 5) is 11.6. The highest BCUT2D eigenvalue weighted by Crippen LogP contribution is 2.19. The predicted molar refractivity (Wildman–Crippen MR) is 88.3 cm³/mol. The number of hydrogen-bond acceptors (Lipinski definition) is 3. The first-order chi connectivity index (χ1) is 10.6. The third-order valence-electron chi connectivity index (χ3n) is 3.41. The van der Waals surface area contributed by atoms with E-state index in [0.29, 0.717) is 13.2 Å². The van der Waals surface area contributed by atoms with Crippen LogP contribution in [0.3, 0.4) is 0 Å². The third-order valence-corrected chi connectivity index (χ3v) is 3.41.